The van der Waals surface area contributed by atoms with Crippen molar-refractivity contribution < 1.29 is 56.2 Å². The molecule has 0 radical (unpaired) electrons. The second-order valence-corrected chi connectivity index (χ2v) is 5.42. The predicted octanol–water partition coefficient (Wildman–Crippen LogP) is -6.39. The number of hydrogen-bond donors (Lipinski definition) is 11. The van der Waals surface area contributed by atoms with Crippen LogP contribution in [0.4, 0.5) is 0 Å². The van der Waals surface area contributed by atoms with E-state index in [4.69, 9.17) is 15.3 Å². The number of hydrogen-bond acceptors (Lipinski definition) is 11. The van der Waals surface area contributed by atoms with E-state index < -0.39 is 67.6 Å². The van der Waals surface area contributed by atoms with Crippen LogP contribution in [0.15, 0.2) is 0 Å². The van der Waals surface area contributed by atoms with Gasteiger partial charge in [-0.1, -0.05) is 0 Å². The molecular formula is C12H26O11. The molecule has 0 spiro atoms. The summed E-state index contributed by atoms with van der Waals surface area (Å²) in [7, 11) is 0. The van der Waals surface area contributed by atoms with Crippen molar-refractivity contribution in [1.29, 1.82) is 0 Å². The van der Waals surface area contributed by atoms with Crippen molar-refractivity contribution in [3.8, 4) is 0 Å². The van der Waals surface area contributed by atoms with Crippen molar-refractivity contribution in [3.05, 3.63) is 0 Å². The maximum atomic E-state index is 9.67. The van der Waals surface area contributed by atoms with Gasteiger partial charge in [-0.05, 0) is 6.92 Å². The van der Waals surface area contributed by atoms with Crippen LogP contribution in [0.2, 0.25) is 0 Å². The standard InChI is InChI=1S/C12H26O11/c1-3(14)5(16)7(18)9(20)11(22)12(23)10(21)8(19)6(17)4(15)2-13/h3-23H,2H2,1H3. The van der Waals surface area contributed by atoms with Crippen LogP contribution < -0.4 is 0 Å². The van der Waals surface area contributed by atoms with Crippen LogP contribution >= 0.6 is 0 Å². The summed E-state index contributed by atoms with van der Waals surface area (Å²) in [6.45, 7) is 0.139. The molecule has 0 fully saturated rings. The summed E-state index contributed by atoms with van der Waals surface area (Å²) in [4.78, 5) is 0. The molecule has 0 aromatic carbocycles. The molecule has 0 aliphatic heterocycles. The van der Waals surface area contributed by atoms with Crippen LogP contribution in [0.3, 0.4) is 0 Å². The molecule has 0 aromatic heterocycles. The molecule has 0 aliphatic carbocycles. The maximum Gasteiger partial charge on any atom is 0.111 e. The largest absolute Gasteiger partial charge is 0.394 e. The number of aliphatic hydroxyl groups excluding tert-OH is 11. The third-order valence-corrected chi connectivity index (χ3v) is 3.52. The Morgan fingerprint density at radius 2 is 0.739 bits per heavy atom. The SMILES string of the molecule is CC(O)C(O)C(O)C(O)C(O)C(O)C(O)C(O)C(O)C(O)CO. The third-order valence-electron chi connectivity index (χ3n) is 3.52. The summed E-state index contributed by atoms with van der Waals surface area (Å²) in [5, 5.41) is 103. The first-order valence-corrected chi connectivity index (χ1v) is 6.88. The number of rotatable bonds is 10. The van der Waals surface area contributed by atoms with Gasteiger partial charge in [0.05, 0.1) is 12.7 Å². The normalized spacial score (nSPS) is 25.6. The van der Waals surface area contributed by atoms with Gasteiger partial charge in [0.15, 0.2) is 0 Å². The number of aliphatic hydroxyl groups is 11. The van der Waals surface area contributed by atoms with E-state index >= 15 is 0 Å². The fourth-order valence-electron chi connectivity index (χ4n) is 1.83. The summed E-state index contributed by atoms with van der Waals surface area (Å²) in [5.74, 6) is 0. The van der Waals surface area contributed by atoms with Gasteiger partial charge in [-0.3, -0.25) is 0 Å². The predicted molar refractivity (Wildman–Crippen MR) is 72.8 cm³/mol. The average molecular weight is 346 g/mol. The van der Waals surface area contributed by atoms with Gasteiger partial charge >= 0.3 is 0 Å². The van der Waals surface area contributed by atoms with Gasteiger partial charge in [0.25, 0.3) is 0 Å². The highest BCUT2D eigenvalue weighted by atomic mass is 16.4. The molecule has 23 heavy (non-hydrogen) atoms. The minimum absolute atomic E-state index is 0.953. The summed E-state index contributed by atoms with van der Waals surface area (Å²) in [5.41, 5.74) is 0. The molecule has 0 rings (SSSR count). The lowest BCUT2D eigenvalue weighted by Crippen LogP contribution is -2.58. The quantitative estimate of drug-likeness (QED) is 0.178. The molecule has 0 heterocycles. The van der Waals surface area contributed by atoms with Gasteiger partial charge in [0, 0.05) is 0 Å². The Hall–Kier alpha value is -0.440. The second kappa shape index (κ2) is 9.76. The molecule has 0 aromatic rings. The Balaban J connectivity index is 4.89. The first kappa shape index (κ1) is 22.6. The van der Waals surface area contributed by atoms with Crippen molar-refractivity contribution in [3.63, 3.8) is 0 Å². The molecule has 0 bridgehead atoms. The summed E-state index contributed by atoms with van der Waals surface area (Å²) in [6.07, 6.45) is -20.6. The molecule has 11 heteroatoms. The van der Waals surface area contributed by atoms with E-state index in [0.717, 1.165) is 6.92 Å². The van der Waals surface area contributed by atoms with Crippen molar-refractivity contribution in [2.75, 3.05) is 6.61 Å². The lowest BCUT2D eigenvalue weighted by atomic mass is 9.91. The van der Waals surface area contributed by atoms with Crippen LogP contribution in [0.25, 0.3) is 0 Å². The van der Waals surface area contributed by atoms with E-state index in [9.17, 15) is 40.9 Å². The fraction of sp³-hybridized carbons (Fsp3) is 1.00. The Labute approximate surface area is 131 Å². The molecule has 140 valence electrons. The Kier molecular flexibility index (Phi) is 9.57. The van der Waals surface area contributed by atoms with Gasteiger partial charge in [-0.25, -0.2) is 0 Å². The molecule has 11 nitrogen and oxygen atoms in total. The van der Waals surface area contributed by atoms with Crippen LogP contribution in [0.5, 0.6) is 0 Å². The van der Waals surface area contributed by atoms with Crippen molar-refractivity contribution in [1.82, 2.24) is 0 Å². The first-order valence-electron chi connectivity index (χ1n) is 6.88. The Morgan fingerprint density at radius 1 is 0.478 bits per heavy atom. The van der Waals surface area contributed by atoms with Gasteiger partial charge in [-0.15, -0.1) is 0 Å². The Morgan fingerprint density at radius 3 is 1.00 bits per heavy atom. The van der Waals surface area contributed by atoms with Crippen LogP contribution in [0, 0.1) is 0 Å². The molecule has 0 amide bonds. The molecular weight excluding hydrogens is 320 g/mol. The smallest absolute Gasteiger partial charge is 0.111 e. The van der Waals surface area contributed by atoms with E-state index in [-0.39, 0.29) is 0 Å². The van der Waals surface area contributed by atoms with Crippen molar-refractivity contribution >= 4 is 0 Å². The van der Waals surface area contributed by atoms with Crippen molar-refractivity contribution in [2.24, 2.45) is 0 Å². The second-order valence-electron chi connectivity index (χ2n) is 5.42. The zero-order valence-corrected chi connectivity index (χ0v) is 12.4. The fourth-order valence-corrected chi connectivity index (χ4v) is 1.83. The zero-order valence-electron chi connectivity index (χ0n) is 12.4. The molecule has 0 aliphatic rings. The topological polar surface area (TPSA) is 223 Å². The van der Waals surface area contributed by atoms with Gasteiger partial charge in [-0.2, -0.15) is 0 Å². The van der Waals surface area contributed by atoms with E-state index in [1.165, 1.54) is 0 Å². The van der Waals surface area contributed by atoms with Gasteiger partial charge in [0.2, 0.25) is 0 Å². The molecule has 0 saturated heterocycles. The maximum absolute atomic E-state index is 9.67. The van der Waals surface area contributed by atoms with E-state index in [2.05, 4.69) is 0 Å². The first-order chi connectivity index (χ1) is 10.5. The minimum Gasteiger partial charge on any atom is -0.394 e. The lowest BCUT2D eigenvalue weighted by Gasteiger charge is -2.34. The lowest BCUT2D eigenvalue weighted by molar-refractivity contribution is -0.191. The molecule has 0 saturated carbocycles. The third kappa shape index (κ3) is 5.85. The average Bonchev–Trinajstić information content (AvgIpc) is 2.55. The minimum atomic E-state index is -2.30. The summed E-state index contributed by atoms with van der Waals surface area (Å²) >= 11 is 0. The van der Waals surface area contributed by atoms with Crippen LogP contribution in [-0.2, 0) is 0 Å². The van der Waals surface area contributed by atoms with Gasteiger partial charge < -0.3 is 56.2 Å². The summed E-state index contributed by atoms with van der Waals surface area (Å²) in [6, 6.07) is 0. The zero-order chi connectivity index (χ0) is 18.5. The van der Waals surface area contributed by atoms with Crippen molar-refractivity contribution in [2.45, 2.75) is 68.0 Å². The van der Waals surface area contributed by atoms with Crippen LogP contribution in [0.1, 0.15) is 6.92 Å². The van der Waals surface area contributed by atoms with E-state index in [1.807, 2.05) is 0 Å². The van der Waals surface area contributed by atoms with Crippen LogP contribution in [-0.4, -0.2) is 124 Å². The molecule has 10 unspecified atom stereocenters. The highest BCUT2D eigenvalue weighted by Gasteiger charge is 2.42. The highest BCUT2D eigenvalue weighted by molar-refractivity contribution is 4.93. The molecule has 11 N–H and O–H groups in total. The van der Waals surface area contributed by atoms with Gasteiger partial charge in [0.1, 0.15) is 54.9 Å². The highest BCUT2D eigenvalue weighted by Crippen LogP contribution is 2.16. The molecule has 10 atom stereocenters. The van der Waals surface area contributed by atoms with E-state index in [0.29, 0.717) is 0 Å². The monoisotopic (exact) mass is 346 g/mol. The Bertz CT molecular complexity index is 328. The van der Waals surface area contributed by atoms with E-state index in [1.54, 1.807) is 0 Å². The summed E-state index contributed by atoms with van der Waals surface area (Å²) < 4.78 is 0.